The number of nitrogens with one attached hydrogen (secondary N) is 3. The molecule has 1 amide bonds. The summed E-state index contributed by atoms with van der Waals surface area (Å²) in [6.07, 6.45) is 12.9. The molecule has 6 aromatic heterocycles. The molecule has 0 aliphatic carbocycles. The average molecular weight is 489 g/mol. The van der Waals surface area contributed by atoms with Crippen LogP contribution in [0, 0.1) is 0 Å². The first kappa shape index (κ1) is 22.5. The van der Waals surface area contributed by atoms with E-state index in [2.05, 4.69) is 53.4 Å². The number of hydrogen-bond donors (Lipinski definition) is 3. The van der Waals surface area contributed by atoms with Gasteiger partial charge in [-0.15, -0.1) is 0 Å². The number of aromatic amines is 2. The molecule has 9 nitrogen and oxygen atoms in total. The number of nitrogens with zero attached hydrogens (tertiary/aromatic N) is 5. The van der Waals surface area contributed by atoms with Crippen LogP contribution in [0.3, 0.4) is 0 Å². The predicted octanol–water partition coefficient (Wildman–Crippen LogP) is 5.75. The van der Waals surface area contributed by atoms with Crippen molar-refractivity contribution < 1.29 is 4.79 Å². The number of rotatable bonds is 7. The second-order valence-electron chi connectivity index (χ2n) is 8.85. The van der Waals surface area contributed by atoms with Gasteiger partial charge in [-0.25, -0.2) is 4.98 Å². The third kappa shape index (κ3) is 4.42. The summed E-state index contributed by atoms with van der Waals surface area (Å²) in [6.45, 7) is 2.06. The van der Waals surface area contributed by atoms with Crippen LogP contribution in [0.25, 0.3) is 55.7 Å². The topological polar surface area (TPSA) is 125 Å². The predicted molar refractivity (Wildman–Crippen MR) is 144 cm³/mol. The van der Waals surface area contributed by atoms with Gasteiger partial charge in [-0.2, -0.15) is 5.10 Å². The van der Waals surface area contributed by atoms with Crippen LogP contribution in [0.4, 0.5) is 5.69 Å². The molecule has 0 unspecified atom stereocenters. The van der Waals surface area contributed by atoms with Gasteiger partial charge >= 0.3 is 0 Å². The van der Waals surface area contributed by atoms with E-state index in [0.29, 0.717) is 12.1 Å². The van der Waals surface area contributed by atoms with Crippen LogP contribution < -0.4 is 5.32 Å². The van der Waals surface area contributed by atoms with Gasteiger partial charge in [0, 0.05) is 53.1 Å². The van der Waals surface area contributed by atoms with Gasteiger partial charge in [0.15, 0.2) is 0 Å². The van der Waals surface area contributed by atoms with Crippen LogP contribution in [0.5, 0.6) is 0 Å². The average Bonchev–Trinajstić information content (AvgIpc) is 3.56. The van der Waals surface area contributed by atoms with Gasteiger partial charge in [0.25, 0.3) is 0 Å². The fourth-order valence-corrected chi connectivity index (χ4v) is 4.42. The van der Waals surface area contributed by atoms with Crippen molar-refractivity contribution in [3.63, 3.8) is 0 Å². The molecule has 182 valence electrons. The minimum absolute atomic E-state index is 0.0144. The van der Waals surface area contributed by atoms with E-state index < -0.39 is 0 Å². The van der Waals surface area contributed by atoms with E-state index >= 15 is 0 Å². The summed E-state index contributed by atoms with van der Waals surface area (Å²) in [5, 5.41) is 12.5. The van der Waals surface area contributed by atoms with Gasteiger partial charge in [0.2, 0.25) is 5.91 Å². The Morgan fingerprint density at radius 2 is 1.86 bits per heavy atom. The molecular weight excluding hydrogens is 464 g/mol. The van der Waals surface area contributed by atoms with Crippen molar-refractivity contribution >= 4 is 33.5 Å². The third-order valence-corrected chi connectivity index (χ3v) is 6.28. The molecule has 0 bridgehead atoms. The highest BCUT2D eigenvalue weighted by molar-refractivity contribution is 6.00. The van der Waals surface area contributed by atoms with Crippen LogP contribution in [0.15, 0.2) is 73.6 Å². The summed E-state index contributed by atoms with van der Waals surface area (Å²) in [5.41, 5.74) is 7.46. The number of H-pyrrole nitrogens is 2. The van der Waals surface area contributed by atoms with Crippen LogP contribution in [-0.2, 0) is 4.79 Å². The van der Waals surface area contributed by atoms with Crippen molar-refractivity contribution in [3.05, 3.63) is 73.6 Å². The Morgan fingerprint density at radius 1 is 0.946 bits per heavy atom. The van der Waals surface area contributed by atoms with E-state index in [9.17, 15) is 4.79 Å². The standard InChI is InChI=1S/C28H24N8O/c1-2-3-6-26(37)33-19-10-18(14-30-15-19)23-12-22-25(16-32-23)35-36-27(22)24-11-21-20(7-9-31-28(21)34-24)17-5-4-8-29-13-17/h4-5,7-16H,2-3,6H2,1H3,(H,31,34)(H,33,37)(H,35,36). The third-order valence-electron chi connectivity index (χ3n) is 6.28. The van der Waals surface area contributed by atoms with E-state index in [1.165, 1.54) is 0 Å². The Labute approximate surface area is 212 Å². The Hall–Kier alpha value is -4.92. The maximum Gasteiger partial charge on any atom is 0.224 e. The highest BCUT2D eigenvalue weighted by atomic mass is 16.1. The molecule has 0 fully saturated rings. The fourth-order valence-electron chi connectivity index (χ4n) is 4.42. The quantitative estimate of drug-likeness (QED) is 0.263. The number of pyridine rings is 4. The molecule has 6 heterocycles. The lowest BCUT2D eigenvalue weighted by Gasteiger charge is -2.07. The largest absolute Gasteiger partial charge is 0.338 e. The minimum atomic E-state index is -0.0144. The Bertz CT molecular complexity index is 1720. The molecule has 0 spiro atoms. The Balaban J connectivity index is 1.37. The highest BCUT2D eigenvalue weighted by Crippen LogP contribution is 2.34. The summed E-state index contributed by atoms with van der Waals surface area (Å²) in [7, 11) is 0. The van der Waals surface area contributed by atoms with Crippen molar-refractivity contribution in [1.29, 1.82) is 0 Å². The molecule has 0 aliphatic rings. The zero-order valence-electron chi connectivity index (χ0n) is 20.2. The highest BCUT2D eigenvalue weighted by Gasteiger charge is 2.16. The molecule has 0 atom stereocenters. The number of hydrogen-bond acceptors (Lipinski definition) is 6. The SMILES string of the molecule is CCCCC(=O)Nc1cncc(-c2cc3c(-c4cc5c(-c6cccnc6)ccnc5[nH]4)n[nH]c3cn2)c1. The lowest BCUT2D eigenvalue weighted by molar-refractivity contribution is -0.116. The summed E-state index contributed by atoms with van der Waals surface area (Å²) >= 11 is 0. The molecule has 3 N–H and O–H groups in total. The second-order valence-corrected chi connectivity index (χ2v) is 8.85. The number of carbonyl (C=O) groups excluding carboxylic acids is 1. The fraction of sp³-hybridized carbons (Fsp3) is 0.143. The van der Waals surface area contributed by atoms with Crippen LogP contribution in [-0.4, -0.2) is 41.0 Å². The van der Waals surface area contributed by atoms with Crippen molar-refractivity contribution in [2.24, 2.45) is 0 Å². The Morgan fingerprint density at radius 3 is 2.73 bits per heavy atom. The number of aromatic nitrogens is 7. The maximum atomic E-state index is 12.2. The molecule has 9 heteroatoms. The lowest BCUT2D eigenvalue weighted by Crippen LogP contribution is -2.11. The second kappa shape index (κ2) is 9.62. The van der Waals surface area contributed by atoms with Gasteiger partial charge in [-0.3, -0.25) is 24.8 Å². The number of fused-ring (bicyclic) bond motifs is 2. The molecule has 6 rings (SSSR count). The molecule has 6 aromatic rings. The van der Waals surface area contributed by atoms with Crippen molar-refractivity contribution in [2.75, 3.05) is 5.32 Å². The molecule has 0 saturated heterocycles. The van der Waals surface area contributed by atoms with Gasteiger partial charge in [0.1, 0.15) is 11.3 Å². The smallest absolute Gasteiger partial charge is 0.224 e. The van der Waals surface area contributed by atoms with Crippen LogP contribution >= 0.6 is 0 Å². The van der Waals surface area contributed by atoms with E-state index in [0.717, 1.165) is 68.6 Å². The van der Waals surface area contributed by atoms with E-state index in [1.807, 2.05) is 36.5 Å². The lowest BCUT2D eigenvalue weighted by atomic mass is 10.1. The van der Waals surface area contributed by atoms with Crippen molar-refractivity contribution in [1.82, 2.24) is 35.1 Å². The first-order valence-electron chi connectivity index (χ1n) is 12.2. The number of anilines is 1. The van der Waals surface area contributed by atoms with Crippen molar-refractivity contribution in [3.8, 4) is 33.8 Å². The molecule has 37 heavy (non-hydrogen) atoms. The monoisotopic (exact) mass is 488 g/mol. The first-order chi connectivity index (χ1) is 18.2. The maximum absolute atomic E-state index is 12.2. The summed E-state index contributed by atoms with van der Waals surface area (Å²) < 4.78 is 0. The zero-order valence-corrected chi connectivity index (χ0v) is 20.2. The molecule has 0 aromatic carbocycles. The van der Waals surface area contributed by atoms with Gasteiger partial charge in [-0.1, -0.05) is 19.4 Å². The normalized spacial score (nSPS) is 11.3. The molecule has 0 aliphatic heterocycles. The van der Waals surface area contributed by atoms with Crippen molar-refractivity contribution in [2.45, 2.75) is 26.2 Å². The van der Waals surface area contributed by atoms with Crippen LogP contribution in [0.1, 0.15) is 26.2 Å². The van der Waals surface area contributed by atoms with E-state index in [1.54, 1.807) is 31.0 Å². The van der Waals surface area contributed by atoms with Gasteiger partial charge in [-0.05, 0) is 42.3 Å². The van der Waals surface area contributed by atoms with E-state index in [-0.39, 0.29) is 5.91 Å². The van der Waals surface area contributed by atoms with Gasteiger partial charge in [0.05, 0.1) is 35.0 Å². The van der Waals surface area contributed by atoms with Gasteiger partial charge < -0.3 is 10.3 Å². The van der Waals surface area contributed by atoms with E-state index in [4.69, 9.17) is 0 Å². The summed E-state index contributed by atoms with van der Waals surface area (Å²) in [4.78, 5) is 33.3. The Kier molecular flexibility index (Phi) is 5.86. The first-order valence-corrected chi connectivity index (χ1v) is 12.2. The zero-order chi connectivity index (χ0) is 25.2. The minimum Gasteiger partial charge on any atom is -0.338 e. The summed E-state index contributed by atoms with van der Waals surface area (Å²) in [5.74, 6) is -0.0144. The number of unbranched alkanes of at least 4 members (excludes halogenated alkanes) is 1. The molecular formula is C28H24N8O. The number of amides is 1. The molecule has 0 radical (unpaired) electrons. The molecule has 0 saturated carbocycles. The summed E-state index contributed by atoms with van der Waals surface area (Å²) in [6, 6.07) is 11.9. The number of carbonyl (C=O) groups is 1. The van der Waals surface area contributed by atoms with Crippen LogP contribution in [0.2, 0.25) is 0 Å².